The maximum absolute atomic E-state index is 13.0. The number of fused-ring (bicyclic) bond motifs is 1. The molecule has 0 aliphatic carbocycles. The second-order valence-corrected chi connectivity index (χ2v) is 9.80. The van der Waals surface area contributed by atoms with Gasteiger partial charge in [-0.05, 0) is 50.1 Å². The monoisotopic (exact) mass is 469 g/mol. The van der Waals surface area contributed by atoms with Crippen LogP contribution in [0.2, 0.25) is 0 Å². The zero-order valence-electron chi connectivity index (χ0n) is 20.8. The third-order valence-electron chi connectivity index (χ3n) is 5.66. The number of anilines is 1. The van der Waals surface area contributed by atoms with Crippen LogP contribution in [-0.4, -0.2) is 52.9 Å². The van der Waals surface area contributed by atoms with Crippen LogP contribution in [-0.2, 0) is 4.79 Å². The van der Waals surface area contributed by atoms with Gasteiger partial charge in [-0.15, -0.1) is 0 Å². The lowest BCUT2D eigenvalue weighted by atomic mass is 9.99. The molecule has 0 unspecified atom stereocenters. The summed E-state index contributed by atoms with van der Waals surface area (Å²) in [6.45, 7) is 6.13. The van der Waals surface area contributed by atoms with Crippen molar-refractivity contribution in [1.29, 1.82) is 0 Å². The highest BCUT2D eigenvalue weighted by Gasteiger charge is 2.18. The van der Waals surface area contributed by atoms with Gasteiger partial charge in [-0.2, -0.15) is 0 Å². The Morgan fingerprint density at radius 2 is 1.71 bits per heavy atom. The molecular formula is C28H31N5O2. The lowest BCUT2D eigenvalue weighted by molar-refractivity contribution is -0.115. The Labute approximate surface area is 205 Å². The van der Waals surface area contributed by atoms with Crippen molar-refractivity contribution >= 4 is 28.5 Å². The average molecular weight is 470 g/mol. The molecule has 0 saturated carbocycles. The van der Waals surface area contributed by atoms with Crippen LogP contribution in [0.5, 0.6) is 0 Å². The number of nitrogens with zero attached hydrogens (tertiary/aromatic N) is 2. The third kappa shape index (κ3) is 5.58. The number of pyridine rings is 1. The molecule has 0 spiro atoms. The Kier molecular flexibility index (Phi) is 6.71. The van der Waals surface area contributed by atoms with Crippen LogP contribution in [0.25, 0.3) is 33.3 Å². The van der Waals surface area contributed by atoms with Gasteiger partial charge >= 0.3 is 0 Å². The van der Waals surface area contributed by atoms with Crippen molar-refractivity contribution in [2.24, 2.45) is 0 Å². The summed E-state index contributed by atoms with van der Waals surface area (Å²) < 4.78 is 0. The van der Waals surface area contributed by atoms with Crippen LogP contribution in [0.15, 0.2) is 67.0 Å². The van der Waals surface area contributed by atoms with Crippen LogP contribution in [0.4, 0.5) is 5.69 Å². The molecule has 2 amide bonds. The van der Waals surface area contributed by atoms with Gasteiger partial charge in [0.25, 0.3) is 5.91 Å². The SMILES string of the molecule is CN(C)C(=O)c1cc(-c2cnc3[nH]cc(-c4ccccc4)c3c2)ccc1NC(=O)CNC(C)(C)C. The van der Waals surface area contributed by atoms with Crippen molar-refractivity contribution in [3.05, 3.63) is 72.6 Å². The number of hydrogen-bond donors (Lipinski definition) is 3. The minimum absolute atomic E-state index is 0.150. The molecule has 2 heterocycles. The number of amides is 2. The largest absolute Gasteiger partial charge is 0.346 e. The van der Waals surface area contributed by atoms with E-state index in [1.165, 1.54) is 4.90 Å². The molecule has 2 aromatic heterocycles. The smallest absolute Gasteiger partial charge is 0.255 e. The van der Waals surface area contributed by atoms with E-state index in [1.807, 2.05) is 57.3 Å². The number of hydrogen-bond acceptors (Lipinski definition) is 4. The topological polar surface area (TPSA) is 90.1 Å². The molecule has 7 nitrogen and oxygen atoms in total. The van der Waals surface area contributed by atoms with Gasteiger partial charge in [0.1, 0.15) is 5.65 Å². The summed E-state index contributed by atoms with van der Waals surface area (Å²) in [4.78, 5) is 34.9. The van der Waals surface area contributed by atoms with Crippen LogP contribution in [0.3, 0.4) is 0 Å². The van der Waals surface area contributed by atoms with E-state index < -0.39 is 0 Å². The van der Waals surface area contributed by atoms with Gasteiger partial charge in [0, 0.05) is 48.5 Å². The highest BCUT2D eigenvalue weighted by atomic mass is 16.2. The number of H-pyrrole nitrogens is 1. The number of carbonyl (C=O) groups excluding carboxylic acids is 2. The van der Waals surface area contributed by atoms with Crippen LogP contribution in [0, 0.1) is 0 Å². The lowest BCUT2D eigenvalue weighted by Gasteiger charge is -2.21. The average Bonchev–Trinajstić information content (AvgIpc) is 3.26. The quantitative estimate of drug-likeness (QED) is 0.374. The second kappa shape index (κ2) is 9.72. The third-order valence-corrected chi connectivity index (χ3v) is 5.66. The molecule has 0 aliphatic rings. The van der Waals surface area contributed by atoms with Gasteiger partial charge in [-0.3, -0.25) is 9.59 Å². The van der Waals surface area contributed by atoms with Gasteiger partial charge < -0.3 is 20.5 Å². The fraction of sp³-hybridized carbons (Fsp3) is 0.250. The van der Waals surface area contributed by atoms with Gasteiger partial charge in [0.2, 0.25) is 5.91 Å². The van der Waals surface area contributed by atoms with E-state index in [0.29, 0.717) is 11.3 Å². The number of carbonyl (C=O) groups is 2. The predicted molar refractivity (Wildman–Crippen MR) is 141 cm³/mol. The molecule has 0 fully saturated rings. The van der Waals surface area contributed by atoms with Crippen molar-refractivity contribution in [3.63, 3.8) is 0 Å². The van der Waals surface area contributed by atoms with Crippen LogP contribution >= 0.6 is 0 Å². The summed E-state index contributed by atoms with van der Waals surface area (Å²) in [7, 11) is 3.39. The first-order chi connectivity index (χ1) is 16.6. The van der Waals surface area contributed by atoms with E-state index in [9.17, 15) is 9.59 Å². The maximum Gasteiger partial charge on any atom is 0.255 e. The zero-order valence-corrected chi connectivity index (χ0v) is 20.8. The normalized spacial score (nSPS) is 11.5. The number of benzene rings is 2. The van der Waals surface area contributed by atoms with E-state index in [4.69, 9.17) is 0 Å². The van der Waals surface area contributed by atoms with Crippen molar-refractivity contribution in [2.75, 3.05) is 26.0 Å². The summed E-state index contributed by atoms with van der Waals surface area (Å²) in [6, 6.07) is 17.7. The first-order valence-corrected chi connectivity index (χ1v) is 11.6. The minimum atomic E-state index is -0.205. The number of aromatic nitrogens is 2. The first kappa shape index (κ1) is 24.2. The van der Waals surface area contributed by atoms with Gasteiger partial charge in [0.15, 0.2) is 0 Å². The molecule has 7 heteroatoms. The molecule has 2 aromatic carbocycles. The molecular weight excluding hydrogens is 438 g/mol. The lowest BCUT2D eigenvalue weighted by Crippen LogP contribution is -2.41. The van der Waals surface area contributed by atoms with Crippen molar-refractivity contribution in [1.82, 2.24) is 20.2 Å². The molecule has 0 aliphatic heterocycles. The van der Waals surface area contributed by atoms with Crippen molar-refractivity contribution < 1.29 is 9.59 Å². The van der Waals surface area contributed by atoms with Gasteiger partial charge in [0.05, 0.1) is 17.8 Å². The minimum Gasteiger partial charge on any atom is -0.346 e. The predicted octanol–water partition coefficient (Wildman–Crippen LogP) is 4.93. The second-order valence-electron chi connectivity index (χ2n) is 9.80. The van der Waals surface area contributed by atoms with Crippen LogP contribution < -0.4 is 10.6 Å². The highest BCUT2D eigenvalue weighted by molar-refractivity contribution is 6.05. The number of aromatic amines is 1. The van der Waals surface area contributed by atoms with Crippen LogP contribution in [0.1, 0.15) is 31.1 Å². The molecule has 0 saturated heterocycles. The summed E-state index contributed by atoms with van der Waals surface area (Å²) in [5.74, 6) is -0.394. The van der Waals surface area contributed by atoms with Crippen molar-refractivity contribution in [2.45, 2.75) is 26.3 Å². The Bertz CT molecular complexity index is 1370. The number of rotatable bonds is 6. The zero-order chi connectivity index (χ0) is 25.2. The van der Waals surface area contributed by atoms with E-state index in [1.54, 1.807) is 26.4 Å². The fourth-order valence-corrected chi connectivity index (χ4v) is 3.81. The molecule has 0 bridgehead atoms. The molecule has 0 atom stereocenters. The molecule has 3 N–H and O–H groups in total. The summed E-state index contributed by atoms with van der Waals surface area (Å²) in [5.41, 5.74) is 5.41. The number of nitrogens with one attached hydrogen (secondary N) is 3. The molecule has 4 rings (SSSR count). The Morgan fingerprint density at radius 3 is 2.40 bits per heavy atom. The molecule has 35 heavy (non-hydrogen) atoms. The van der Waals surface area contributed by atoms with E-state index >= 15 is 0 Å². The van der Waals surface area contributed by atoms with Gasteiger partial charge in [-0.1, -0.05) is 36.4 Å². The van der Waals surface area contributed by atoms with E-state index in [0.717, 1.165) is 33.3 Å². The standard InChI is InChI=1S/C28H31N5O2/c1-28(2,3)31-17-25(34)32-24-12-11-19(13-22(24)27(35)33(4)5)20-14-21-23(16-30-26(21)29-15-20)18-9-7-6-8-10-18/h6-16,31H,17H2,1-5H3,(H,29,30)(H,32,34). The summed E-state index contributed by atoms with van der Waals surface area (Å²) >= 11 is 0. The highest BCUT2D eigenvalue weighted by Crippen LogP contribution is 2.32. The van der Waals surface area contributed by atoms with Crippen molar-refractivity contribution in [3.8, 4) is 22.3 Å². The Hall–Kier alpha value is -3.97. The Morgan fingerprint density at radius 1 is 0.971 bits per heavy atom. The Balaban J connectivity index is 1.70. The first-order valence-electron chi connectivity index (χ1n) is 11.6. The molecule has 4 aromatic rings. The maximum atomic E-state index is 13.0. The molecule has 0 radical (unpaired) electrons. The van der Waals surface area contributed by atoms with E-state index in [-0.39, 0.29) is 23.9 Å². The fourth-order valence-electron chi connectivity index (χ4n) is 3.81. The van der Waals surface area contributed by atoms with E-state index in [2.05, 4.69) is 38.8 Å². The summed E-state index contributed by atoms with van der Waals surface area (Å²) in [5, 5.41) is 7.05. The molecule has 180 valence electrons. The summed E-state index contributed by atoms with van der Waals surface area (Å²) in [6.07, 6.45) is 3.75. The van der Waals surface area contributed by atoms with Gasteiger partial charge in [-0.25, -0.2) is 4.98 Å².